The first-order valence-electron chi connectivity index (χ1n) is 6.15. The third-order valence-corrected chi connectivity index (χ3v) is 3.19. The Morgan fingerprint density at radius 1 is 1.30 bits per heavy atom. The number of aromatic nitrogens is 2. The first-order chi connectivity index (χ1) is 9.45. The molecule has 1 aromatic carbocycles. The predicted octanol–water partition coefficient (Wildman–Crippen LogP) is 2.76. The topological polar surface area (TPSA) is 85.5 Å². The normalized spacial score (nSPS) is 12.4. The molecule has 0 radical (unpaired) electrons. The fourth-order valence-corrected chi connectivity index (χ4v) is 1.96. The third-order valence-electron chi connectivity index (χ3n) is 3.19. The van der Waals surface area contributed by atoms with Crippen molar-refractivity contribution in [3.05, 3.63) is 34.7 Å². The van der Waals surface area contributed by atoms with Crippen molar-refractivity contribution < 1.29 is 19.1 Å². The average Bonchev–Trinajstić information content (AvgIpc) is 2.89. The second-order valence-corrected chi connectivity index (χ2v) is 4.58. The number of carboxylic acids is 1. The minimum Gasteiger partial charge on any atom is -0.478 e. The van der Waals surface area contributed by atoms with E-state index >= 15 is 0 Å². The molecule has 1 heterocycles. The Morgan fingerprint density at radius 2 is 1.95 bits per heavy atom. The van der Waals surface area contributed by atoms with Crippen molar-refractivity contribution in [1.82, 2.24) is 10.2 Å². The van der Waals surface area contributed by atoms with Crippen LogP contribution in [0.3, 0.4) is 0 Å². The molecule has 0 amide bonds. The number of aryl methyl sites for hydroxylation is 2. The zero-order valence-corrected chi connectivity index (χ0v) is 11.8. The molecule has 2 aromatic rings. The summed E-state index contributed by atoms with van der Waals surface area (Å²) in [5.74, 6) is -0.497. The predicted molar refractivity (Wildman–Crippen MR) is 71.6 cm³/mol. The number of hydrogen-bond donors (Lipinski definition) is 1. The first-order valence-corrected chi connectivity index (χ1v) is 6.15. The van der Waals surface area contributed by atoms with Gasteiger partial charge >= 0.3 is 5.97 Å². The SMILES string of the molecule is COC(C)c1nnc(-c2c(C)ccc(C)c2C(=O)O)o1. The molecule has 106 valence electrons. The summed E-state index contributed by atoms with van der Waals surface area (Å²) in [6, 6.07) is 3.60. The summed E-state index contributed by atoms with van der Waals surface area (Å²) in [5, 5.41) is 17.2. The Morgan fingerprint density at radius 3 is 2.55 bits per heavy atom. The standard InChI is InChI=1S/C14H16N2O4/c1-7-5-6-8(2)11(14(17)18)10(7)13-16-15-12(20-13)9(3)19-4/h5-6,9H,1-4H3,(H,17,18). The summed E-state index contributed by atoms with van der Waals surface area (Å²) in [4.78, 5) is 11.5. The average molecular weight is 276 g/mol. The molecule has 0 saturated carbocycles. The molecule has 0 saturated heterocycles. The molecule has 20 heavy (non-hydrogen) atoms. The van der Waals surface area contributed by atoms with E-state index in [2.05, 4.69) is 10.2 Å². The molecule has 1 N–H and O–H groups in total. The highest BCUT2D eigenvalue weighted by molar-refractivity contribution is 5.97. The summed E-state index contributed by atoms with van der Waals surface area (Å²) in [6.45, 7) is 5.32. The van der Waals surface area contributed by atoms with E-state index in [4.69, 9.17) is 9.15 Å². The maximum atomic E-state index is 11.5. The molecule has 0 aliphatic carbocycles. The van der Waals surface area contributed by atoms with Crippen LogP contribution in [0.25, 0.3) is 11.5 Å². The molecule has 0 aliphatic heterocycles. The molecule has 1 unspecified atom stereocenters. The van der Waals surface area contributed by atoms with Crippen LogP contribution in [0.5, 0.6) is 0 Å². The van der Waals surface area contributed by atoms with Gasteiger partial charge in [0.1, 0.15) is 6.10 Å². The number of carboxylic acid groups (broad SMARTS) is 1. The number of carbonyl (C=O) groups is 1. The monoisotopic (exact) mass is 276 g/mol. The van der Waals surface area contributed by atoms with E-state index in [0.29, 0.717) is 17.0 Å². The molecular weight excluding hydrogens is 260 g/mol. The fourth-order valence-electron chi connectivity index (χ4n) is 1.96. The molecule has 0 aliphatic rings. The van der Waals surface area contributed by atoms with Gasteiger partial charge < -0.3 is 14.3 Å². The van der Waals surface area contributed by atoms with Crippen LogP contribution in [0.15, 0.2) is 16.5 Å². The van der Waals surface area contributed by atoms with E-state index in [1.165, 1.54) is 7.11 Å². The highest BCUT2D eigenvalue weighted by atomic mass is 16.5. The largest absolute Gasteiger partial charge is 0.478 e. The van der Waals surface area contributed by atoms with Crippen LogP contribution in [0.2, 0.25) is 0 Å². The summed E-state index contributed by atoms with van der Waals surface area (Å²) in [6.07, 6.45) is -0.338. The van der Waals surface area contributed by atoms with Gasteiger partial charge in [-0.3, -0.25) is 0 Å². The Bertz CT molecular complexity index is 649. The van der Waals surface area contributed by atoms with E-state index in [1.807, 2.05) is 13.0 Å². The van der Waals surface area contributed by atoms with Crippen molar-refractivity contribution in [2.24, 2.45) is 0 Å². The van der Waals surface area contributed by atoms with Gasteiger partial charge in [-0.05, 0) is 31.9 Å². The van der Waals surface area contributed by atoms with Crippen molar-refractivity contribution in [2.45, 2.75) is 26.9 Å². The van der Waals surface area contributed by atoms with E-state index in [9.17, 15) is 9.90 Å². The minimum absolute atomic E-state index is 0.185. The highest BCUT2D eigenvalue weighted by Gasteiger charge is 2.22. The van der Waals surface area contributed by atoms with Gasteiger partial charge in [-0.2, -0.15) is 0 Å². The molecule has 0 fully saturated rings. The molecule has 1 atom stereocenters. The zero-order valence-electron chi connectivity index (χ0n) is 11.8. The molecule has 2 rings (SSSR count). The van der Waals surface area contributed by atoms with Gasteiger partial charge in [-0.15, -0.1) is 10.2 Å². The lowest BCUT2D eigenvalue weighted by Crippen LogP contribution is -2.04. The quantitative estimate of drug-likeness (QED) is 0.924. The number of nitrogens with zero attached hydrogens (tertiary/aromatic N) is 2. The van der Waals surface area contributed by atoms with Gasteiger partial charge in [0.25, 0.3) is 0 Å². The number of methoxy groups -OCH3 is 1. The lowest BCUT2D eigenvalue weighted by Gasteiger charge is -2.09. The fraction of sp³-hybridized carbons (Fsp3) is 0.357. The maximum absolute atomic E-state index is 11.5. The smallest absolute Gasteiger partial charge is 0.336 e. The van der Waals surface area contributed by atoms with Crippen molar-refractivity contribution >= 4 is 5.97 Å². The van der Waals surface area contributed by atoms with Gasteiger partial charge in [-0.25, -0.2) is 4.79 Å². The van der Waals surface area contributed by atoms with Crippen LogP contribution in [0, 0.1) is 13.8 Å². The van der Waals surface area contributed by atoms with Gasteiger partial charge in [-0.1, -0.05) is 12.1 Å². The molecule has 0 bridgehead atoms. The van der Waals surface area contributed by atoms with Crippen LogP contribution in [0.4, 0.5) is 0 Å². The zero-order chi connectivity index (χ0) is 14.9. The Kier molecular flexibility index (Phi) is 3.85. The Labute approximate surface area is 116 Å². The highest BCUT2D eigenvalue weighted by Crippen LogP contribution is 2.30. The lowest BCUT2D eigenvalue weighted by atomic mass is 9.97. The molecule has 1 aromatic heterocycles. The Hall–Kier alpha value is -2.21. The van der Waals surface area contributed by atoms with E-state index in [-0.39, 0.29) is 17.6 Å². The number of hydrogen-bond acceptors (Lipinski definition) is 5. The van der Waals surface area contributed by atoms with Crippen LogP contribution < -0.4 is 0 Å². The van der Waals surface area contributed by atoms with Crippen LogP contribution >= 0.6 is 0 Å². The molecular formula is C14H16N2O4. The maximum Gasteiger partial charge on any atom is 0.336 e. The number of benzene rings is 1. The second-order valence-electron chi connectivity index (χ2n) is 4.58. The van der Waals surface area contributed by atoms with Crippen molar-refractivity contribution in [3.8, 4) is 11.5 Å². The number of ether oxygens (including phenoxy) is 1. The summed E-state index contributed by atoms with van der Waals surface area (Å²) in [7, 11) is 1.54. The van der Waals surface area contributed by atoms with Crippen LogP contribution in [0.1, 0.15) is 40.4 Å². The summed E-state index contributed by atoms with van der Waals surface area (Å²) >= 11 is 0. The van der Waals surface area contributed by atoms with Crippen molar-refractivity contribution in [1.29, 1.82) is 0 Å². The Balaban J connectivity index is 2.60. The van der Waals surface area contributed by atoms with Crippen LogP contribution in [-0.4, -0.2) is 28.4 Å². The molecule has 0 spiro atoms. The summed E-state index contributed by atoms with van der Waals surface area (Å²) < 4.78 is 10.6. The van der Waals surface area contributed by atoms with E-state index in [0.717, 1.165) is 5.56 Å². The van der Waals surface area contributed by atoms with Gasteiger partial charge in [0, 0.05) is 7.11 Å². The van der Waals surface area contributed by atoms with E-state index < -0.39 is 5.97 Å². The summed E-state index contributed by atoms with van der Waals surface area (Å²) in [5.41, 5.74) is 2.07. The minimum atomic E-state index is -1.01. The van der Waals surface area contributed by atoms with Gasteiger partial charge in [0.2, 0.25) is 11.8 Å². The third kappa shape index (κ3) is 2.42. The van der Waals surface area contributed by atoms with Gasteiger partial charge in [0.15, 0.2) is 0 Å². The molecule has 6 nitrogen and oxygen atoms in total. The van der Waals surface area contributed by atoms with E-state index in [1.54, 1.807) is 19.9 Å². The second kappa shape index (κ2) is 5.42. The van der Waals surface area contributed by atoms with Crippen LogP contribution in [-0.2, 0) is 4.74 Å². The first kappa shape index (κ1) is 14.2. The number of aromatic carboxylic acids is 1. The number of rotatable bonds is 4. The lowest BCUT2D eigenvalue weighted by molar-refractivity contribution is 0.0696. The van der Waals surface area contributed by atoms with Gasteiger partial charge in [0.05, 0.1) is 11.1 Å². The van der Waals surface area contributed by atoms with Crippen molar-refractivity contribution in [2.75, 3.05) is 7.11 Å². The molecule has 6 heteroatoms. The van der Waals surface area contributed by atoms with Crippen molar-refractivity contribution in [3.63, 3.8) is 0 Å².